The molecule has 86 valence electrons. The number of thioether (sulfide) groups is 1. The SMILES string of the molecule is CC1OCCC1SC1CCCC1C(=O)O. The molecule has 15 heavy (non-hydrogen) atoms. The Labute approximate surface area is 94.6 Å². The normalized spacial score (nSPS) is 40.9. The van der Waals surface area contributed by atoms with E-state index in [4.69, 9.17) is 9.84 Å². The van der Waals surface area contributed by atoms with E-state index in [1.807, 2.05) is 11.8 Å². The number of hydrogen-bond acceptors (Lipinski definition) is 3. The van der Waals surface area contributed by atoms with Gasteiger partial charge in [-0.25, -0.2) is 0 Å². The van der Waals surface area contributed by atoms with E-state index >= 15 is 0 Å². The lowest BCUT2D eigenvalue weighted by Gasteiger charge is -2.21. The molecule has 3 nitrogen and oxygen atoms in total. The molecule has 1 saturated heterocycles. The molecule has 0 bridgehead atoms. The second-order valence-electron chi connectivity index (χ2n) is 4.45. The summed E-state index contributed by atoms with van der Waals surface area (Å²) in [5, 5.41) is 9.90. The molecule has 4 unspecified atom stereocenters. The topological polar surface area (TPSA) is 46.5 Å². The lowest BCUT2D eigenvalue weighted by atomic mass is 10.1. The Morgan fingerprint density at radius 2 is 2.13 bits per heavy atom. The van der Waals surface area contributed by atoms with Gasteiger partial charge in [0.1, 0.15) is 0 Å². The van der Waals surface area contributed by atoms with Gasteiger partial charge >= 0.3 is 5.97 Å². The van der Waals surface area contributed by atoms with Crippen molar-refractivity contribution in [3.05, 3.63) is 0 Å². The molecule has 0 aromatic carbocycles. The average molecular weight is 230 g/mol. The average Bonchev–Trinajstić information content (AvgIpc) is 2.77. The third-order valence-corrected chi connectivity index (χ3v) is 5.31. The summed E-state index contributed by atoms with van der Waals surface area (Å²) in [7, 11) is 0. The molecule has 2 rings (SSSR count). The zero-order valence-corrected chi connectivity index (χ0v) is 9.83. The van der Waals surface area contributed by atoms with Crippen molar-refractivity contribution in [1.29, 1.82) is 0 Å². The number of carbonyl (C=O) groups is 1. The smallest absolute Gasteiger partial charge is 0.307 e. The van der Waals surface area contributed by atoms with Crippen LogP contribution in [0.15, 0.2) is 0 Å². The van der Waals surface area contributed by atoms with Gasteiger partial charge in [0.05, 0.1) is 12.0 Å². The first-order chi connectivity index (χ1) is 7.18. The highest BCUT2D eigenvalue weighted by molar-refractivity contribution is 8.00. The molecule has 0 amide bonds. The van der Waals surface area contributed by atoms with Crippen LogP contribution in [-0.2, 0) is 9.53 Å². The third-order valence-electron chi connectivity index (χ3n) is 3.43. The highest BCUT2D eigenvalue weighted by Gasteiger charge is 2.37. The Balaban J connectivity index is 1.90. The van der Waals surface area contributed by atoms with Crippen molar-refractivity contribution in [1.82, 2.24) is 0 Å². The fraction of sp³-hybridized carbons (Fsp3) is 0.909. The van der Waals surface area contributed by atoms with Crippen LogP contribution in [0.5, 0.6) is 0 Å². The van der Waals surface area contributed by atoms with Crippen LogP contribution in [0, 0.1) is 5.92 Å². The molecule has 2 fully saturated rings. The van der Waals surface area contributed by atoms with Gasteiger partial charge in [0.15, 0.2) is 0 Å². The van der Waals surface area contributed by atoms with Crippen LogP contribution in [0.1, 0.15) is 32.6 Å². The summed E-state index contributed by atoms with van der Waals surface area (Å²) in [6.45, 7) is 2.93. The van der Waals surface area contributed by atoms with Crippen molar-refractivity contribution < 1.29 is 14.6 Å². The monoisotopic (exact) mass is 230 g/mol. The molecule has 0 aromatic rings. The van der Waals surface area contributed by atoms with Crippen molar-refractivity contribution in [2.75, 3.05) is 6.61 Å². The molecular formula is C11H18O3S. The standard InChI is InChI=1S/C11H18O3S/c1-7-9(5-6-14-7)15-10-4-2-3-8(10)11(12)13/h7-10H,2-6H2,1H3,(H,12,13). The molecule has 1 heterocycles. The molecule has 4 atom stereocenters. The highest BCUT2D eigenvalue weighted by Crippen LogP contribution is 2.40. The number of carboxylic acid groups (broad SMARTS) is 1. The van der Waals surface area contributed by atoms with Gasteiger partial charge in [-0.2, -0.15) is 11.8 Å². The summed E-state index contributed by atoms with van der Waals surface area (Å²) in [6.07, 6.45) is 4.36. The summed E-state index contributed by atoms with van der Waals surface area (Å²) < 4.78 is 5.50. The molecule has 1 saturated carbocycles. The van der Waals surface area contributed by atoms with Crippen LogP contribution in [-0.4, -0.2) is 34.3 Å². The summed E-state index contributed by atoms with van der Waals surface area (Å²) in [5.41, 5.74) is 0. The Hall–Kier alpha value is -0.220. The van der Waals surface area contributed by atoms with Gasteiger partial charge in [-0.3, -0.25) is 4.79 Å². The minimum atomic E-state index is -0.614. The van der Waals surface area contributed by atoms with E-state index in [1.165, 1.54) is 0 Å². The predicted molar refractivity (Wildman–Crippen MR) is 60.2 cm³/mol. The molecule has 2 aliphatic rings. The van der Waals surface area contributed by atoms with E-state index in [-0.39, 0.29) is 5.92 Å². The molecule has 4 heteroatoms. The number of ether oxygens (including phenoxy) is 1. The minimum Gasteiger partial charge on any atom is -0.481 e. The van der Waals surface area contributed by atoms with Crippen LogP contribution < -0.4 is 0 Å². The van der Waals surface area contributed by atoms with Crippen LogP contribution >= 0.6 is 11.8 Å². The van der Waals surface area contributed by atoms with E-state index in [2.05, 4.69) is 6.92 Å². The molecular weight excluding hydrogens is 212 g/mol. The van der Waals surface area contributed by atoms with Crippen molar-refractivity contribution >= 4 is 17.7 Å². The number of rotatable bonds is 3. The maximum Gasteiger partial charge on any atom is 0.307 e. The Morgan fingerprint density at radius 1 is 1.33 bits per heavy atom. The van der Waals surface area contributed by atoms with Crippen LogP contribution in [0.3, 0.4) is 0 Å². The quantitative estimate of drug-likeness (QED) is 0.807. The van der Waals surface area contributed by atoms with Crippen LogP contribution in [0.25, 0.3) is 0 Å². The largest absolute Gasteiger partial charge is 0.481 e. The fourth-order valence-corrected chi connectivity index (χ4v) is 4.21. The van der Waals surface area contributed by atoms with E-state index in [0.29, 0.717) is 16.6 Å². The molecule has 1 aliphatic heterocycles. The van der Waals surface area contributed by atoms with Crippen molar-refractivity contribution in [2.45, 2.75) is 49.2 Å². The Kier molecular flexibility index (Phi) is 3.57. The van der Waals surface area contributed by atoms with E-state index in [0.717, 1.165) is 32.3 Å². The maximum absolute atomic E-state index is 11.0. The van der Waals surface area contributed by atoms with Gasteiger partial charge in [-0.05, 0) is 26.2 Å². The first-order valence-corrected chi connectivity index (χ1v) is 6.62. The van der Waals surface area contributed by atoms with E-state index in [1.54, 1.807) is 0 Å². The van der Waals surface area contributed by atoms with Crippen molar-refractivity contribution in [3.63, 3.8) is 0 Å². The molecule has 0 radical (unpaired) electrons. The lowest BCUT2D eigenvalue weighted by molar-refractivity contribution is -0.141. The second kappa shape index (κ2) is 4.74. The summed E-state index contributed by atoms with van der Waals surface area (Å²) in [4.78, 5) is 11.0. The second-order valence-corrected chi connectivity index (χ2v) is 5.94. The first-order valence-electron chi connectivity index (χ1n) is 5.68. The fourth-order valence-electron chi connectivity index (χ4n) is 2.49. The van der Waals surface area contributed by atoms with Crippen LogP contribution in [0.4, 0.5) is 0 Å². The molecule has 0 aromatic heterocycles. The zero-order valence-electron chi connectivity index (χ0n) is 9.02. The number of aliphatic carboxylic acids is 1. The summed E-state index contributed by atoms with van der Waals surface area (Å²) >= 11 is 1.85. The molecule has 1 N–H and O–H groups in total. The van der Waals surface area contributed by atoms with Gasteiger partial charge in [0, 0.05) is 17.1 Å². The van der Waals surface area contributed by atoms with Gasteiger partial charge in [0.2, 0.25) is 0 Å². The third kappa shape index (κ3) is 2.48. The van der Waals surface area contributed by atoms with Gasteiger partial charge in [0.25, 0.3) is 0 Å². The van der Waals surface area contributed by atoms with Gasteiger partial charge in [-0.15, -0.1) is 0 Å². The van der Waals surface area contributed by atoms with E-state index < -0.39 is 5.97 Å². The molecule has 1 aliphatic carbocycles. The molecule has 0 spiro atoms. The van der Waals surface area contributed by atoms with Crippen molar-refractivity contribution in [3.8, 4) is 0 Å². The van der Waals surface area contributed by atoms with E-state index in [9.17, 15) is 4.79 Å². The van der Waals surface area contributed by atoms with Gasteiger partial charge in [-0.1, -0.05) is 6.42 Å². The van der Waals surface area contributed by atoms with Crippen molar-refractivity contribution in [2.24, 2.45) is 5.92 Å². The zero-order chi connectivity index (χ0) is 10.8. The number of hydrogen-bond donors (Lipinski definition) is 1. The van der Waals surface area contributed by atoms with Gasteiger partial charge < -0.3 is 9.84 Å². The Morgan fingerprint density at radius 3 is 2.73 bits per heavy atom. The highest BCUT2D eigenvalue weighted by atomic mass is 32.2. The summed E-state index contributed by atoms with van der Waals surface area (Å²) in [5.74, 6) is -0.737. The minimum absolute atomic E-state index is 0.122. The summed E-state index contributed by atoms with van der Waals surface area (Å²) in [6, 6.07) is 0. The predicted octanol–water partition coefficient (Wildman–Crippen LogP) is 2.15. The maximum atomic E-state index is 11.0. The Bertz CT molecular complexity index is 244. The lowest BCUT2D eigenvalue weighted by Crippen LogP contribution is -2.25. The van der Waals surface area contributed by atoms with Crippen LogP contribution in [0.2, 0.25) is 0 Å². The first kappa shape index (κ1) is 11.3. The number of carboxylic acids is 1.